The molecule has 5 nitrogen and oxygen atoms in total. The number of benzene rings is 1. The number of nitrogens with one attached hydrogen (secondary N) is 1. The predicted octanol–water partition coefficient (Wildman–Crippen LogP) is 2.48. The first-order valence-electron chi connectivity index (χ1n) is 8.39. The first-order valence-corrected chi connectivity index (χ1v) is 8.39. The molecule has 3 N–H and O–H groups in total. The van der Waals surface area contributed by atoms with Gasteiger partial charge in [0.05, 0.1) is 11.3 Å². The van der Waals surface area contributed by atoms with Crippen molar-refractivity contribution in [2.75, 3.05) is 25.0 Å². The van der Waals surface area contributed by atoms with Crippen molar-refractivity contribution in [3.8, 4) is 0 Å². The van der Waals surface area contributed by atoms with Gasteiger partial charge in [0.25, 0.3) is 5.91 Å². The van der Waals surface area contributed by atoms with Crippen LogP contribution in [-0.4, -0.2) is 36.3 Å². The molecule has 2 rings (SSSR count). The molecule has 0 spiro atoms. The van der Waals surface area contributed by atoms with Gasteiger partial charge in [-0.25, -0.2) is 0 Å². The molecule has 2 unspecified atom stereocenters. The van der Waals surface area contributed by atoms with E-state index in [0.717, 1.165) is 19.5 Å². The molecule has 1 aliphatic rings. The van der Waals surface area contributed by atoms with Crippen molar-refractivity contribution in [1.82, 2.24) is 4.90 Å². The monoisotopic (exact) mass is 317 g/mol. The maximum atomic E-state index is 12.9. The van der Waals surface area contributed by atoms with Gasteiger partial charge in [0.1, 0.15) is 0 Å². The molecule has 0 radical (unpaired) electrons. The fourth-order valence-electron chi connectivity index (χ4n) is 3.25. The Bertz CT molecular complexity index is 549. The zero-order valence-electron chi connectivity index (χ0n) is 14.0. The summed E-state index contributed by atoms with van der Waals surface area (Å²) in [6.45, 7) is 6.39. The van der Waals surface area contributed by atoms with Gasteiger partial charge in [-0.1, -0.05) is 26.0 Å². The third-order valence-corrected chi connectivity index (χ3v) is 4.20. The van der Waals surface area contributed by atoms with Crippen LogP contribution >= 0.6 is 0 Å². The van der Waals surface area contributed by atoms with E-state index in [1.165, 1.54) is 0 Å². The summed E-state index contributed by atoms with van der Waals surface area (Å²) in [6, 6.07) is 7.23. The first-order chi connectivity index (χ1) is 11.0. The number of rotatable bonds is 5. The number of likely N-dealkylation sites (tertiary alicyclic amines) is 1. The molecule has 0 aromatic heterocycles. The Balaban J connectivity index is 2.12. The highest BCUT2D eigenvalue weighted by Gasteiger charge is 2.27. The molecule has 5 heteroatoms. The lowest BCUT2D eigenvalue weighted by Crippen LogP contribution is -2.42. The number of amides is 2. The fourth-order valence-corrected chi connectivity index (χ4v) is 3.25. The number of hydrogen-bond acceptors (Lipinski definition) is 3. The van der Waals surface area contributed by atoms with Crippen LogP contribution in [-0.2, 0) is 4.79 Å². The van der Waals surface area contributed by atoms with E-state index in [-0.39, 0.29) is 11.8 Å². The van der Waals surface area contributed by atoms with Crippen molar-refractivity contribution in [2.45, 2.75) is 33.1 Å². The second-order valence-electron chi connectivity index (χ2n) is 6.64. The Kier molecular flexibility index (Phi) is 6.16. The summed E-state index contributed by atoms with van der Waals surface area (Å²) in [5, 5.41) is 2.85. The minimum absolute atomic E-state index is 0.00174. The number of hydrogen-bond donors (Lipinski definition) is 2. The van der Waals surface area contributed by atoms with Crippen LogP contribution in [0, 0.1) is 11.8 Å². The summed E-state index contributed by atoms with van der Waals surface area (Å²) < 4.78 is 0. The second kappa shape index (κ2) is 8.11. The van der Waals surface area contributed by atoms with E-state index in [0.29, 0.717) is 42.5 Å². The van der Waals surface area contributed by atoms with Gasteiger partial charge >= 0.3 is 0 Å². The van der Waals surface area contributed by atoms with Crippen LogP contribution in [0.3, 0.4) is 0 Å². The lowest BCUT2D eigenvalue weighted by atomic mass is 9.91. The molecule has 1 fully saturated rings. The Hall–Kier alpha value is -1.88. The maximum absolute atomic E-state index is 12.9. The first kappa shape index (κ1) is 17.5. The van der Waals surface area contributed by atoms with E-state index in [1.54, 1.807) is 12.1 Å². The quantitative estimate of drug-likeness (QED) is 0.876. The zero-order valence-corrected chi connectivity index (χ0v) is 14.0. The molecule has 126 valence electrons. The lowest BCUT2D eigenvalue weighted by Gasteiger charge is -2.35. The molecule has 23 heavy (non-hydrogen) atoms. The Morgan fingerprint density at radius 2 is 1.87 bits per heavy atom. The third kappa shape index (κ3) is 4.79. The van der Waals surface area contributed by atoms with E-state index in [4.69, 9.17) is 5.73 Å². The van der Waals surface area contributed by atoms with Gasteiger partial charge in [-0.05, 0) is 43.4 Å². The molecular weight excluding hydrogens is 290 g/mol. The van der Waals surface area contributed by atoms with Crippen LogP contribution in [0.4, 0.5) is 5.69 Å². The molecule has 2 amide bonds. The number of anilines is 1. The Morgan fingerprint density at radius 1 is 1.22 bits per heavy atom. The highest BCUT2D eigenvalue weighted by molar-refractivity contribution is 6.03. The van der Waals surface area contributed by atoms with Gasteiger partial charge in [0.15, 0.2) is 0 Å². The van der Waals surface area contributed by atoms with Gasteiger partial charge in [-0.15, -0.1) is 0 Å². The standard InChI is InChI=1S/C18H27N3O2/c1-13-10-14(2)12-21(11-13)18(23)15-6-3-4-7-16(15)20-17(22)8-5-9-19/h3-4,6-7,13-14H,5,8-12,19H2,1-2H3,(H,20,22). The topological polar surface area (TPSA) is 75.4 Å². The highest BCUT2D eigenvalue weighted by Crippen LogP contribution is 2.25. The second-order valence-corrected chi connectivity index (χ2v) is 6.64. The number of carbonyl (C=O) groups is 2. The van der Waals surface area contributed by atoms with Crippen LogP contribution < -0.4 is 11.1 Å². The number of nitrogens with zero attached hydrogens (tertiary/aromatic N) is 1. The highest BCUT2D eigenvalue weighted by atomic mass is 16.2. The third-order valence-electron chi connectivity index (χ3n) is 4.20. The number of para-hydroxylation sites is 1. The molecular formula is C18H27N3O2. The fraction of sp³-hybridized carbons (Fsp3) is 0.556. The smallest absolute Gasteiger partial charge is 0.255 e. The molecule has 1 saturated heterocycles. The van der Waals surface area contributed by atoms with Crippen molar-refractivity contribution >= 4 is 17.5 Å². The van der Waals surface area contributed by atoms with Crippen LogP contribution in [0.5, 0.6) is 0 Å². The van der Waals surface area contributed by atoms with Crippen molar-refractivity contribution in [3.63, 3.8) is 0 Å². The lowest BCUT2D eigenvalue weighted by molar-refractivity contribution is -0.116. The van der Waals surface area contributed by atoms with Crippen LogP contribution in [0.1, 0.15) is 43.5 Å². The van der Waals surface area contributed by atoms with Crippen molar-refractivity contribution in [2.24, 2.45) is 17.6 Å². The number of piperidine rings is 1. The van der Waals surface area contributed by atoms with Gasteiger partial charge in [0, 0.05) is 19.5 Å². The van der Waals surface area contributed by atoms with Gasteiger partial charge in [0.2, 0.25) is 5.91 Å². The van der Waals surface area contributed by atoms with Crippen molar-refractivity contribution in [3.05, 3.63) is 29.8 Å². The van der Waals surface area contributed by atoms with Crippen LogP contribution in [0.2, 0.25) is 0 Å². The maximum Gasteiger partial charge on any atom is 0.255 e. The molecule has 1 heterocycles. The van der Waals surface area contributed by atoms with Gasteiger partial charge in [-0.2, -0.15) is 0 Å². The zero-order chi connectivity index (χ0) is 16.8. The summed E-state index contributed by atoms with van der Waals surface area (Å²) in [7, 11) is 0. The summed E-state index contributed by atoms with van der Waals surface area (Å²) in [5.74, 6) is 0.914. The summed E-state index contributed by atoms with van der Waals surface area (Å²) in [5.41, 5.74) is 6.58. The molecule has 1 aromatic rings. The van der Waals surface area contributed by atoms with E-state index in [2.05, 4.69) is 19.2 Å². The van der Waals surface area contributed by atoms with Gasteiger partial charge in [-0.3, -0.25) is 9.59 Å². The van der Waals surface area contributed by atoms with E-state index in [9.17, 15) is 9.59 Å². The molecule has 1 aliphatic heterocycles. The van der Waals surface area contributed by atoms with Crippen LogP contribution in [0.25, 0.3) is 0 Å². The molecule has 1 aromatic carbocycles. The minimum atomic E-state index is -0.101. The minimum Gasteiger partial charge on any atom is -0.338 e. The average Bonchev–Trinajstić information content (AvgIpc) is 2.52. The van der Waals surface area contributed by atoms with Crippen LogP contribution in [0.15, 0.2) is 24.3 Å². The molecule has 0 aliphatic carbocycles. The van der Waals surface area contributed by atoms with Crippen molar-refractivity contribution in [1.29, 1.82) is 0 Å². The predicted molar refractivity (Wildman–Crippen MR) is 92.2 cm³/mol. The Morgan fingerprint density at radius 3 is 2.52 bits per heavy atom. The summed E-state index contributed by atoms with van der Waals surface area (Å²) in [6.07, 6.45) is 2.17. The number of nitrogens with two attached hydrogens (primary N) is 1. The molecule has 0 saturated carbocycles. The largest absolute Gasteiger partial charge is 0.338 e. The Labute approximate surface area is 138 Å². The van der Waals surface area contributed by atoms with E-state index in [1.807, 2.05) is 17.0 Å². The van der Waals surface area contributed by atoms with E-state index < -0.39 is 0 Å². The SMILES string of the molecule is CC1CC(C)CN(C(=O)c2ccccc2NC(=O)CCCN)C1. The average molecular weight is 317 g/mol. The molecule has 0 bridgehead atoms. The number of carbonyl (C=O) groups excluding carboxylic acids is 2. The summed E-state index contributed by atoms with van der Waals surface area (Å²) >= 11 is 0. The summed E-state index contributed by atoms with van der Waals surface area (Å²) in [4.78, 5) is 26.7. The van der Waals surface area contributed by atoms with Gasteiger partial charge < -0.3 is 16.0 Å². The van der Waals surface area contributed by atoms with Crippen molar-refractivity contribution < 1.29 is 9.59 Å². The molecule has 2 atom stereocenters. The van der Waals surface area contributed by atoms with E-state index >= 15 is 0 Å². The normalized spacial score (nSPS) is 21.1.